The molecule has 1 aromatic rings. The second kappa shape index (κ2) is 9.84. The molecule has 1 saturated heterocycles. The fraction of sp³-hybridized carbons (Fsp3) is 0.667. The number of pyridine rings is 1. The molecular weight excluding hydrogens is 322 g/mol. The van der Waals surface area contributed by atoms with Crippen LogP contribution in [0.2, 0.25) is 5.15 Å². The number of rotatable bonds is 6. The van der Waals surface area contributed by atoms with E-state index >= 15 is 0 Å². The van der Waals surface area contributed by atoms with Crippen LogP contribution in [0.15, 0.2) is 23.3 Å². The molecule has 6 heteroatoms. The van der Waals surface area contributed by atoms with Crippen LogP contribution in [0.5, 0.6) is 0 Å². The quantitative estimate of drug-likeness (QED) is 0.469. The Morgan fingerprint density at radius 3 is 2.58 bits per heavy atom. The van der Waals surface area contributed by atoms with Gasteiger partial charge in [0.2, 0.25) is 0 Å². The Morgan fingerprint density at radius 2 is 1.96 bits per heavy atom. The summed E-state index contributed by atoms with van der Waals surface area (Å²) in [4.78, 5) is 10.9. The molecule has 24 heavy (non-hydrogen) atoms. The molecule has 0 amide bonds. The summed E-state index contributed by atoms with van der Waals surface area (Å²) in [6.07, 6.45) is 4.07. The van der Waals surface area contributed by atoms with Gasteiger partial charge < -0.3 is 15.5 Å². The molecule has 1 aromatic heterocycles. The Bertz CT molecular complexity index is 507. The summed E-state index contributed by atoms with van der Waals surface area (Å²) in [6, 6.07) is 3.83. The molecule has 0 radical (unpaired) electrons. The van der Waals surface area contributed by atoms with E-state index in [9.17, 15) is 0 Å². The smallest absolute Gasteiger partial charge is 0.191 e. The Morgan fingerprint density at radius 1 is 1.25 bits per heavy atom. The van der Waals surface area contributed by atoms with Gasteiger partial charge in [0.25, 0.3) is 0 Å². The van der Waals surface area contributed by atoms with Crippen LogP contribution in [-0.2, 0) is 6.42 Å². The zero-order valence-corrected chi connectivity index (χ0v) is 15.8. The van der Waals surface area contributed by atoms with Crippen LogP contribution in [0.4, 0.5) is 0 Å². The fourth-order valence-electron chi connectivity index (χ4n) is 3.41. The van der Waals surface area contributed by atoms with Crippen LogP contribution in [0.25, 0.3) is 0 Å². The molecule has 2 unspecified atom stereocenters. The molecule has 134 valence electrons. The van der Waals surface area contributed by atoms with E-state index in [4.69, 9.17) is 11.6 Å². The predicted octanol–water partition coefficient (Wildman–Crippen LogP) is 2.42. The third kappa shape index (κ3) is 6.65. The van der Waals surface area contributed by atoms with Gasteiger partial charge in [-0.05, 0) is 36.3 Å². The van der Waals surface area contributed by atoms with Crippen LogP contribution in [0.3, 0.4) is 0 Å². The SMILES string of the molecule is CN=C(NCCc1ccc(Cl)nc1)NCCN1CC(C)CC(C)C1. The normalized spacial score (nSPS) is 22.4. The number of piperidine rings is 1. The fourth-order valence-corrected chi connectivity index (χ4v) is 3.52. The second-order valence-corrected chi connectivity index (χ2v) is 7.26. The Labute approximate surface area is 150 Å². The average molecular weight is 352 g/mol. The molecule has 2 heterocycles. The van der Waals surface area contributed by atoms with E-state index in [1.54, 1.807) is 0 Å². The van der Waals surface area contributed by atoms with Crippen LogP contribution >= 0.6 is 11.6 Å². The molecule has 2 N–H and O–H groups in total. The van der Waals surface area contributed by atoms with Gasteiger partial charge in [0.1, 0.15) is 5.15 Å². The Balaban J connectivity index is 1.64. The number of nitrogens with zero attached hydrogens (tertiary/aromatic N) is 3. The molecule has 1 aliphatic rings. The first-order chi connectivity index (χ1) is 11.6. The number of halogens is 1. The van der Waals surface area contributed by atoms with Crippen molar-refractivity contribution in [3.63, 3.8) is 0 Å². The van der Waals surface area contributed by atoms with Gasteiger partial charge in [0.05, 0.1) is 0 Å². The van der Waals surface area contributed by atoms with Gasteiger partial charge in [0.15, 0.2) is 5.96 Å². The van der Waals surface area contributed by atoms with Crippen molar-refractivity contribution < 1.29 is 0 Å². The van der Waals surface area contributed by atoms with Crippen LogP contribution < -0.4 is 10.6 Å². The number of aliphatic imine (C=N–C) groups is 1. The van der Waals surface area contributed by atoms with Gasteiger partial charge in [-0.2, -0.15) is 0 Å². The summed E-state index contributed by atoms with van der Waals surface area (Å²) in [5, 5.41) is 7.28. The molecule has 0 spiro atoms. The van der Waals surface area contributed by atoms with Crippen molar-refractivity contribution in [1.29, 1.82) is 0 Å². The van der Waals surface area contributed by atoms with Crippen molar-refractivity contribution in [2.24, 2.45) is 16.8 Å². The topological polar surface area (TPSA) is 52.6 Å². The maximum Gasteiger partial charge on any atom is 0.191 e. The summed E-state index contributed by atoms with van der Waals surface area (Å²) in [5.41, 5.74) is 1.17. The van der Waals surface area contributed by atoms with E-state index < -0.39 is 0 Å². The molecule has 2 rings (SSSR count). The van der Waals surface area contributed by atoms with E-state index in [2.05, 4.69) is 39.4 Å². The van der Waals surface area contributed by atoms with E-state index in [0.717, 1.165) is 43.9 Å². The lowest BCUT2D eigenvalue weighted by Crippen LogP contribution is -2.45. The Kier molecular flexibility index (Phi) is 7.79. The predicted molar refractivity (Wildman–Crippen MR) is 102 cm³/mol. The zero-order valence-electron chi connectivity index (χ0n) is 15.1. The van der Waals surface area contributed by atoms with Gasteiger partial charge in [-0.3, -0.25) is 4.99 Å². The highest BCUT2D eigenvalue weighted by molar-refractivity contribution is 6.29. The Hall–Kier alpha value is -1.33. The van der Waals surface area contributed by atoms with Crippen molar-refractivity contribution in [1.82, 2.24) is 20.5 Å². The monoisotopic (exact) mass is 351 g/mol. The summed E-state index contributed by atoms with van der Waals surface area (Å²) in [6.45, 7) is 9.92. The van der Waals surface area contributed by atoms with Crippen molar-refractivity contribution in [2.45, 2.75) is 26.7 Å². The highest BCUT2D eigenvalue weighted by Crippen LogP contribution is 2.20. The van der Waals surface area contributed by atoms with Crippen LogP contribution in [0.1, 0.15) is 25.8 Å². The first-order valence-corrected chi connectivity index (χ1v) is 9.22. The summed E-state index contributed by atoms with van der Waals surface area (Å²) < 4.78 is 0. The number of aromatic nitrogens is 1. The minimum absolute atomic E-state index is 0.533. The molecule has 0 saturated carbocycles. The maximum absolute atomic E-state index is 5.80. The average Bonchev–Trinajstić information content (AvgIpc) is 2.54. The van der Waals surface area contributed by atoms with Crippen molar-refractivity contribution >= 4 is 17.6 Å². The number of nitrogens with one attached hydrogen (secondary N) is 2. The third-order valence-corrected chi connectivity index (χ3v) is 4.61. The minimum atomic E-state index is 0.533. The lowest BCUT2D eigenvalue weighted by Gasteiger charge is -2.35. The second-order valence-electron chi connectivity index (χ2n) is 6.87. The van der Waals surface area contributed by atoms with Gasteiger partial charge in [-0.1, -0.05) is 31.5 Å². The summed E-state index contributed by atoms with van der Waals surface area (Å²) in [7, 11) is 1.81. The highest BCUT2D eigenvalue weighted by Gasteiger charge is 2.21. The first-order valence-electron chi connectivity index (χ1n) is 8.84. The van der Waals surface area contributed by atoms with Gasteiger partial charge >= 0.3 is 0 Å². The summed E-state index contributed by atoms with van der Waals surface area (Å²) >= 11 is 5.80. The molecule has 5 nitrogen and oxygen atoms in total. The largest absolute Gasteiger partial charge is 0.356 e. The number of guanidine groups is 1. The number of hydrogen-bond donors (Lipinski definition) is 2. The first kappa shape index (κ1) is 19.0. The molecule has 0 aromatic carbocycles. The van der Waals surface area contributed by atoms with Crippen molar-refractivity contribution in [3.8, 4) is 0 Å². The van der Waals surface area contributed by atoms with Crippen LogP contribution in [0, 0.1) is 11.8 Å². The van der Waals surface area contributed by atoms with Crippen molar-refractivity contribution in [2.75, 3.05) is 39.8 Å². The van der Waals surface area contributed by atoms with E-state index in [0.29, 0.717) is 5.15 Å². The molecule has 1 aliphatic heterocycles. The highest BCUT2D eigenvalue weighted by atomic mass is 35.5. The van der Waals surface area contributed by atoms with E-state index in [1.807, 2.05) is 25.4 Å². The molecule has 0 bridgehead atoms. The zero-order chi connectivity index (χ0) is 17.4. The van der Waals surface area contributed by atoms with Gasteiger partial charge in [-0.15, -0.1) is 0 Å². The standard InChI is InChI=1S/C18H30ClN5/c1-14-10-15(2)13-24(12-14)9-8-22-18(20-3)21-7-6-16-4-5-17(19)23-11-16/h4-5,11,14-15H,6-10,12-13H2,1-3H3,(H2,20,21,22). The van der Waals surface area contributed by atoms with Crippen LogP contribution in [-0.4, -0.2) is 55.6 Å². The maximum atomic E-state index is 5.80. The van der Waals surface area contributed by atoms with Gasteiger partial charge in [0, 0.05) is 46.0 Å². The summed E-state index contributed by atoms with van der Waals surface area (Å²) in [5.74, 6) is 2.47. The molecule has 1 fully saturated rings. The lowest BCUT2D eigenvalue weighted by atomic mass is 9.92. The minimum Gasteiger partial charge on any atom is -0.356 e. The molecular formula is C18H30ClN5. The number of likely N-dealkylation sites (tertiary alicyclic amines) is 1. The van der Waals surface area contributed by atoms with E-state index in [-0.39, 0.29) is 0 Å². The number of hydrogen-bond acceptors (Lipinski definition) is 3. The van der Waals surface area contributed by atoms with Gasteiger partial charge in [-0.25, -0.2) is 4.98 Å². The van der Waals surface area contributed by atoms with E-state index in [1.165, 1.54) is 25.1 Å². The van der Waals surface area contributed by atoms with Crippen molar-refractivity contribution in [3.05, 3.63) is 29.0 Å². The molecule has 2 atom stereocenters. The molecule has 0 aliphatic carbocycles. The lowest BCUT2D eigenvalue weighted by molar-refractivity contribution is 0.143. The third-order valence-electron chi connectivity index (χ3n) is 4.38.